The third kappa shape index (κ3) is 2.27. The Bertz CT molecular complexity index is 673. The second kappa shape index (κ2) is 4.95. The van der Waals surface area contributed by atoms with E-state index in [1.54, 1.807) is 6.07 Å². The first-order valence-corrected chi connectivity index (χ1v) is 7.82. The summed E-state index contributed by atoms with van der Waals surface area (Å²) in [5.41, 5.74) is 10.7. The Morgan fingerprint density at radius 2 is 2.05 bits per heavy atom. The van der Waals surface area contributed by atoms with Crippen molar-refractivity contribution in [3.63, 3.8) is 0 Å². The monoisotopic (exact) mass is 285 g/mol. The minimum absolute atomic E-state index is 0.110. The molecule has 0 aliphatic heterocycles. The number of nitrogens with two attached hydrogens (primary N) is 1. The Labute approximate surface area is 124 Å². The molecule has 1 atom stereocenters. The molecule has 4 heteroatoms. The molecule has 2 aliphatic carbocycles. The van der Waals surface area contributed by atoms with Gasteiger partial charge in [-0.1, -0.05) is 18.2 Å². The number of fused-ring (bicyclic) bond motifs is 1. The fraction of sp³-hybridized carbons (Fsp3) is 0.471. The first-order chi connectivity index (χ1) is 10.2. The zero-order chi connectivity index (χ0) is 14.4. The zero-order valence-electron chi connectivity index (χ0n) is 12.1. The molecule has 110 valence electrons. The summed E-state index contributed by atoms with van der Waals surface area (Å²) in [7, 11) is 0. The highest BCUT2D eigenvalue weighted by Gasteiger charge is 2.35. The summed E-state index contributed by atoms with van der Waals surface area (Å²) in [4.78, 5) is 0. The van der Waals surface area contributed by atoms with Crippen LogP contribution in [-0.4, -0.2) is 9.78 Å². The molecule has 1 aromatic carbocycles. The second-order valence-electron chi connectivity index (χ2n) is 6.27. The van der Waals surface area contributed by atoms with Crippen molar-refractivity contribution in [2.45, 2.75) is 50.6 Å². The van der Waals surface area contributed by atoms with Gasteiger partial charge in [0.2, 0.25) is 0 Å². The molecule has 0 saturated heterocycles. The van der Waals surface area contributed by atoms with Crippen LogP contribution in [0.2, 0.25) is 0 Å². The molecule has 1 saturated carbocycles. The Kier molecular flexibility index (Phi) is 3.07. The van der Waals surface area contributed by atoms with Crippen molar-refractivity contribution in [2.75, 3.05) is 0 Å². The van der Waals surface area contributed by atoms with Crippen molar-refractivity contribution in [2.24, 2.45) is 5.73 Å². The predicted molar refractivity (Wildman–Crippen MR) is 79.6 cm³/mol. The molecule has 2 N–H and O–H groups in total. The van der Waals surface area contributed by atoms with Gasteiger partial charge in [0.15, 0.2) is 0 Å². The lowest BCUT2D eigenvalue weighted by Gasteiger charge is -2.20. The van der Waals surface area contributed by atoms with E-state index in [0.29, 0.717) is 18.0 Å². The highest BCUT2D eigenvalue weighted by molar-refractivity contribution is 5.36. The van der Waals surface area contributed by atoms with Crippen molar-refractivity contribution in [1.29, 1.82) is 0 Å². The molecule has 0 spiro atoms. The van der Waals surface area contributed by atoms with Crippen LogP contribution in [0.15, 0.2) is 24.3 Å². The number of benzene rings is 1. The number of hydrogen-bond acceptors (Lipinski definition) is 2. The second-order valence-corrected chi connectivity index (χ2v) is 6.27. The molecule has 3 nitrogen and oxygen atoms in total. The summed E-state index contributed by atoms with van der Waals surface area (Å²) in [5.74, 6) is 0.430. The largest absolute Gasteiger partial charge is 0.324 e. The van der Waals surface area contributed by atoms with Gasteiger partial charge < -0.3 is 5.73 Å². The van der Waals surface area contributed by atoms with Crippen molar-refractivity contribution >= 4 is 0 Å². The van der Waals surface area contributed by atoms with Crippen LogP contribution in [-0.2, 0) is 13.0 Å². The van der Waals surface area contributed by atoms with E-state index in [4.69, 9.17) is 10.8 Å². The summed E-state index contributed by atoms with van der Waals surface area (Å²) in [6.45, 7) is 0.508. The van der Waals surface area contributed by atoms with Crippen LogP contribution >= 0.6 is 0 Å². The Hall–Kier alpha value is -1.68. The highest BCUT2D eigenvalue weighted by atomic mass is 19.1. The van der Waals surface area contributed by atoms with Gasteiger partial charge in [-0.3, -0.25) is 4.68 Å². The van der Waals surface area contributed by atoms with E-state index in [2.05, 4.69) is 0 Å². The molecule has 4 rings (SSSR count). The lowest BCUT2D eigenvalue weighted by molar-refractivity contribution is 0.529. The summed E-state index contributed by atoms with van der Waals surface area (Å²) < 4.78 is 15.9. The van der Waals surface area contributed by atoms with Crippen molar-refractivity contribution in [3.05, 3.63) is 52.6 Å². The summed E-state index contributed by atoms with van der Waals surface area (Å²) in [5, 5.41) is 4.81. The van der Waals surface area contributed by atoms with E-state index in [1.807, 2.05) is 16.8 Å². The normalized spacial score (nSPS) is 21.3. The maximum Gasteiger partial charge on any atom is 0.128 e. The Morgan fingerprint density at radius 3 is 2.81 bits per heavy atom. The number of halogens is 1. The third-order valence-corrected chi connectivity index (χ3v) is 4.67. The predicted octanol–water partition coefficient (Wildman–Crippen LogP) is 3.28. The van der Waals surface area contributed by atoms with Crippen LogP contribution in [0.3, 0.4) is 0 Å². The quantitative estimate of drug-likeness (QED) is 0.940. The average molecular weight is 285 g/mol. The lowest BCUT2D eigenvalue weighted by atomic mass is 9.90. The van der Waals surface area contributed by atoms with Gasteiger partial charge >= 0.3 is 0 Å². The molecule has 21 heavy (non-hydrogen) atoms. The van der Waals surface area contributed by atoms with Crippen LogP contribution in [0.25, 0.3) is 0 Å². The zero-order valence-corrected chi connectivity index (χ0v) is 12.1. The molecule has 0 radical (unpaired) electrons. The van der Waals surface area contributed by atoms with Gasteiger partial charge in [-0.05, 0) is 38.2 Å². The van der Waals surface area contributed by atoms with E-state index in [1.165, 1.54) is 35.9 Å². The van der Waals surface area contributed by atoms with Gasteiger partial charge in [-0.25, -0.2) is 4.39 Å². The SMILES string of the molecule is NC1CCCc2c1c(C1CC1)nn2Cc1ccccc1F. The van der Waals surface area contributed by atoms with Gasteiger partial charge in [0, 0.05) is 28.8 Å². The smallest absolute Gasteiger partial charge is 0.128 e. The van der Waals surface area contributed by atoms with Gasteiger partial charge in [0.1, 0.15) is 5.82 Å². The topological polar surface area (TPSA) is 43.8 Å². The average Bonchev–Trinajstić information content (AvgIpc) is 3.25. The molecular weight excluding hydrogens is 265 g/mol. The van der Waals surface area contributed by atoms with Crippen molar-refractivity contribution < 1.29 is 4.39 Å². The molecule has 1 unspecified atom stereocenters. The fourth-order valence-electron chi connectivity index (χ4n) is 3.41. The Morgan fingerprint density at radius 1 is 1.24 bits per heavy atom. The maximum absolute atomic E-state index is 13.9. The van der Waals surface area contributed by atoms with Gasteiger partial charge in [0.25, 0.3) is 0 Å². The van der Waals surface area contributed by atoms with Crippen molar-refractivity contribution in [3.8, 4) is 0 Å². The fourth-order valence-corrected chi connectivity index (χ4v) is 3.41. The van der Waals surface area contributed by atoms with Crippen LogP contribution in [0.5, 0.6) is 0 Å². The van der Waals surface area contributed by atoms with Crippen LogP contribution in [0.4, 0.5) is 4.39 Å². The number of aromatic nitrogens is 2. The van der Waals surface area contributed by atoms with Gasteiger partial charge in [-0.15, -0.1) is 0 Å². The lowest BCUT2D eigenvalue weighted by Crippen LogP contribution is -2.19. The minimum atomic E-state index is -0.158. The van der Waals surface area contributed by atoms with E-state index < -0.39 is 0 Å². The molecular formula is C17H20FN3. The number of hydrogen-bond donors (Lipinski definition) is 1. The molecule has 1 heterocycles. The minimum Gasteiger partial charge on any atom is -0.324 e. The molecule has 1 fully saturated rings. The third-order valence-electron chi connectivity index (χ3n) is 4.67. The molecule has 0 bridgehead atoms. The highest BCUT2D eigenvalue weighted by Crippen LogP contribution is 2.45. The number of nitrogens with zero attached hydrogens (tertiary/aromatic N) is 2. The molecule has 2 aromatic rings. The first-order valence-electron chi connectivity index (χ1n) is 7.82. The van der Waals surface area contributed by atoms with E-state index in [-0.39, 0.29) is 11.9 Å². The molecule has 1 aromatic heterocycles. The van der Waals surface area contributed by atoms with Crippen LogP contribution in [0.1, 0.15) is 60.2 Å². The van der Waals surface area contributed by atoms with Crippen LogP contribution < -0.4 is 5.73 Å². The number of rotatable bonds is 3. The first kappa shape index (κ1) is 13.0. The van der Waals surface area contributed by atoms with Gasteiger partial charge in [-0.2, -0.15) is 5.10 Å². The van der Waals surface area contributed by atoms with E-state index in [9.17, 15) is 4.39 Å². The summed E-state index contributed by atoms with van der Waals surface area (Å²) in [6, 6.07) is 7.06. The Balaban J connectivity index is 1.75. The van der Waals surface area contributed by atoms with E-state index in [0.717, 1.165) is 19.3 Å². The summed E-state index contributed by atoms with van der Waals surface area (Å²) in [6.07, 6.45) is 5.59. The van der Waals surface area contributed by atoms with Gasteiger partial charge in [0.05, 0.1) is 12.2 Å². The van der Waals surface area contributed by atoms with Crippen LogP contribution in [0, 0.1) is 5.82 Å². The molecule has 0 amide bonds. The maximum atomic E-state index is 13.9. The standard InChI is InChI=1S/C17H20FN3/c18-13-5-2-1-4-12(13)10-21-15-7-3-6-14(19)16(15)17(20-21)11-8-9-11/h1-2,4-5,11,14H,3,6-10,19H2. The van der Waals surface area contributed by atoms with E-state index >= 15 is 0 Å². The molecule has 2 aliphatic rings. The van der Waals surface area contributed by atoms with Crippen molar-refractivity contribution in [1.82, 2.24) is 9.78 Å². The summed E-state index contributed by atoms with van der Waals surface area (Å²) >= 11 is 0.